The Kier molecular flexibility index (Phi) is 3.78. The molecule has 1 aromatic carbocycles. The quantitative estimate of drug-likeness (QED) is 0.615. The lowest BCUT2D eigenvalue weighted by Crippen LogP contribution is -2.01. The van der Waals surface area contributed by atoms with Gasteiger partial charge in [0, 0.05) is 23.5 Å². The second kappa shape index (κ2) is 6.24. The van der Waals surface area contributed by atoms with Crippen LogP contribution in [0.1, 0.15) is 5.56 Å². The van der Waals surface area contributed by atoms with Crippen molar-refractivity contribution in [1.82, 2.24) is 19.6 Å². The number of pyridine rings is 1. The second-order valence-electron chi connectivity index (χ2n) is 5.66. The van der Waals surface area contributed by atoms with Gasteiger partial charge in [0.1, 0.15) is 0 Å². The van der Waals surface area contributed by atoms with Gasteiger partial charge in [0.2, 0.25) is 5.88 Å². The standard InChI is InChI=1S/C19H17N5O/c1-13-5-3-4-6-15(13)22-18-12-20-17-9-8-16(23-24(17)18)14-7-10-19(25-2)21-11-14/h3-12,22H,1-2H3. The first kappa shape index (κ1) is 15.1. The van der Waals surface area contributed by atoms with Crippen molar-refractivity contribution in [1.29, 1.82) is 0 Å². The normalized spacial score (nSPS) is 10.8. The van der Waals surface area contributed by atoms with Crippen LogP contribution >= 0.6 is 0 Å². The highest BCUT2D eigenvalue weighted by Crippen LogP contribution is 2.23. The van der Waals surface area contributed by atoms with Crippen molar-refractivity contribution in [2.75, 3.05) is 12.4 Å². The van der Waals surface area contributed by atoms with Gasteiger partial charge >= 0.3 is 0 Å². The number of ether oxygens (including phenoxy) is 1. The number of hydrogen-bond donors (Lipinski definition) is 1. The predicted octanol–water partition coefficient (Wildman–Crippen LogP) is 3.85. The predicted molar refractivity (Wildman–Crippen MR) is 97.2 cm³/mol. The highest BCUT2D eigenvalue weighted by Gasteiger charge is 2.08. The van der Waals surface area contributed by atoms with Crippen molar-refractivity contribution < 1.29 is 4.74 Å². The molecule has 0 saturated carbocycles. The minimum absolute atomic E-state index is 0.578. The fraction of sp³-hybridized carbons (Fsp3) is 0.105. The molecule has 0 unspecified atom stereocenters. The zero-order valence-corrected chi connectivity index (χ0v) is 14.0. The Morgan fingerprint density at radius 3 is 2.60 bits per heavy atom. The Balaban J connectivity index is 1.73. The lowest BCUT2D eigenvalue weighted by Gasteiger charge is -2.09. The Hall–Kier alpha value is -3.41. The molecule has 0 bridgehead atoms. The molecule has 0 aliphatic carbocycles. The Morgan fingerprint density at radius 1 is 0.960 bits per heavy atom. The molecule has 3 aromatic heterocycles. The van der Waals surface area contributed by atoms with Crippen LogP contribution in [-0.2, 0) is 0 Å². The summed E-state index contributed by atoms with van der Waals surface area (Å²) < 4.78 is 6.90. The van der Waals surface area contributed by atoms with Crippen LogP contribution in [0.25, 0.3) is 16.9 Å². The summed E-state index contributed by atoms with van der Waals surface area (Å²) >= 11 is 0. The maximum absolute atomic E-state index is 5.10. The van der Waals surface area contributed by atoms with Crippen LogP contribution in [0.15, 0.2) is 60.9 Å². The number of nitrogens with one attached hydrogen (secondary N) is 1. The minimum Gasteiger partial charge on any atom is -0.481 e. The number of methoxy groups -OCH3 is 1. The van der Waals surface area contributed by atoms with E-state index in [1.807, 2.05) is 42.5 Å². The van der Waals surface area contributed by atoms with Gasteiger partial charge in [0.15, 0.2) is 11.5 Å². The van der Waals surface area contributed by atoms with E-state index in [0.717, 1.165) is 34.0 Å². The van der Waals surface area contributed by atoms with Crippen molar-refractivity contribution in [2.45, 2.75) is 6.92 Å². The van der Waals surface area contributed by atoms with Gasteiger partial charge in [-0.3, -0.25) is 0 Å². The number of anilines is 2. The summed E-state index contributed by atoms with van der Waals surface area (Å²) in [6, 6.07) is 15.7. The molecule has 0 spiro atoms. The van der Waals surface area contributed by atoms with E-state index < -0.39 is 0 Å². The van der Waals surface area contributed by atoms with Crippen molar-refractivity contribution in [3.05, 3.63) is 66.5 Å². The number of imidazole rings is 1. The fourth-order valence-corrected chi connectivity index (χ4v) is 2.62. The number of nitrogens with zero attached hydrogens (tertiary/aromatic N) is 4. The summed E-state index contributed by atoms with van der Waals surface area (Å²) in [4.78, 5) is 8.65. The number of aromatic nitrogens is 4. The van der Waals surface area contributed by atoms with Gasteiger partial charge in [0.25, 0.3) is 0 Å². The maximum Gasteiger partial charge on any atom is 0.212 e. The maximum atomic E-state index is 5.10. The molecule has 0 aliphatic heterocycles. The van der Waals surface area contributed by atoms with E-state index in [2.05, 4.69) is 28.3 Å². The van der Waals surface area contributed by atoms with Crippen molar-refractivity contribution in [3.8, 4) is 17.1 Å². The molecular formula is C19H17N5O. The van der Waals surface area contributed by atoms with Gasteiger partial charge in [-0.05, 0) is 36.8 Å². The Labute approximate surface area is 145 Å². The molecule has 0 radical (unpaired) electrons. The Morgan fingerprint density at radius 2 is 1.84 bits per heavy atom. The van der Waals surface area contributed by atoms with E-state index in [0.29, 0.717) is 5.88 Å². The molecule has 6 nitrogen and oxygen atoms in total. The molecule has 4 aromatic rings. The zero-order valence-electron chi connectivity index (χ0n) is 14.0. The molecule has 6 heteroatoms. The molecule has 0 aliphatic rings. The SMILES string of the molecule is COc1ccc(-c2ccc3ncc(Nc4ccccc4C)n3n2)cn1. The summed E-state index contributed by atoms with van der Waals surface area (Å²) in [5.41, 5.74) is 4.70. The smallest absolute Gasteiger partial charge is 0.212 e. The van der Waals surface area contributed by atoms with Crippen LogP contribution in [0.4, 0.5) is 11.5 Å². The summed E-state index contributed by atoms with van der Waals surface area (Å²) in [6.45, 7) is 2.06. The Bertz CT molecular complexity index is 1020. The molecular weight excluding hydrogens is 314 g/mol. The molecule has 124 valence electrons. The molecule has 0 atom stereocenters. The van der Waals surface area contributed by atoms with E-state index in [4.69, 9.17) is 9.84 Å². The van der Waals surface area contributed by atoms with Gasteiger partial charge in [-0.15, -0.1) is 0 Å². The molecule has 0 fully saturated rings. The van der Waals surface area contributed by atoms with E-state index in [1.54, 1.807) is 24.0 Å². The summed E-state index contributed by atoms with van der Waals surface area (Å²) in [5, 5.41) is 8.09. The van der Waals surface area contributed by atoms with Crippen LogP contribution < -0.4 is 10.1 Å². The number of fused-ring (bicyclic) bond motifs is 1. The highest BCUT2D eigenvalue weighted by atomic mass is 16.5. The van der Waals surface area contributed by atoms with Crippen LogP contribution in [0.5, 0.6) is 5.88 Å². The second-order valence-corrected chi connectivity index (χ2v) is 5.66. The largest absolute Gasteiger partial charge is 0.481 e. The zero-order chi connectivity index (χ0) is 17.2. The first-order valence-electron chi connectivity index (χ1n) is 7.92. The summed E-state index contributed by atoms with van der Waals surface area (Å²) in [5.74, 6) is 1.39. The topological polar surface area (TPSA) is 64.3 Å². The molecule has 25 heavy (non-hydrogen) atoms. The van der Waals surface area contributed by atoms with Gasteiger partial charge in [-0.25, -0.2) is 9.97 Å². The average molecular weight is 331 g/mol. The van der Waals surface area contributed by atoms with Gasteiger partial charge < -0.3 is 10.1 Å². The van der Waals surface area contributed by atoms with Gasteiger partial charge in [0.05, 0.1) is 19.0 Å². The van der Waals surface area contributed by atoms with E-state index in [9.17, 15) is 0 Å². The number of para-hydroxylation sites is 1. The average Bonchev–Trinajstić information content (AvgIpc) is 3.06. The first-order chi connectivity index (χ1) is 12.2. The lowest BCUT2D eigenvalue weighted by atomic mass is 10.2. The number of hydrogen-bond acceptors (Lipinski definition) is 5. The third-order valence-electron chi connectivity index (χ3n) is 4.01. The van der Waals surface area contributed by atoms with Crippen LogP contribution in [0.3, 0.4) is 0 Å². The molecule has 3 heterocycles. The molecule has 4 rings (SSSR count). The minimum atomic E-state index is 0.578. The van der Waals surface area contributed by atoms with Gasteiger partial charge in [-0.1, -0.05) is 18.2 Å². The highest BCUT2D eigenvalue weighted by molar-refractivity contribution is 5.65. The number of benzene rings is 1. The third-order valence-corrected chi connectivity index (χ3v) is 4.01. The van der Waals surface area contributed by atoms with Crippen molar-refractivity contribution in [3.63, 3.8) is 0 Å². The molecule has 0 amide bonds. The first-order valence-corrected chi connectivity index (χ1v) is 7.92. The lowest BCUT2D eigenvalue weighted by molar-refractivity contribution is 0.398. The van der Waals surface area contributed by atoms with Crippen LogP contribution in [0, 0.1) is 6.92 Å². The number of rotatable bonds is 4. The summed E-state index contributed by atoms with van der Waals surface area (Å²) in [6.07, 6.45) is 3.53. The molecule has 0 saturated heterocycles. The van der Waals surface area contributed by atoms with E-state index >= 15 is 0 Å². The fourth-order valence-electron chi connectivity index (χ4n) is 2.62. The van der Waals surface area contributed by atoms with Crippen molar-refractivity contribution >= 4 is 17.2 Å². The molecule has 1 N–H and O–H groups in total. The third kappa shape index (κ3) is 2.89. The van der Waals surface area contributed by atoms with Gasteiger partial charge in [-0.2, -0.15) is 9.61 Å². The number of aryl methyl sites for hydroxylation is 1. The van der Waals surface area contributed by atoms with Crippen LogP contribution in [0.2, 0.25) is 0 Å². The summed E-state index contributed by atoms with van der Waals surface area (Å²) in [7, 11) is 1.60. The van der Waals surface area contributed by atoms with E-state index in [-0.39, 0.29) is 0 Å². The monoisotopic (exact) mass is 331 g/mol. The van der Waals surface area contributed by atoms with Crippen LogP contribution in [-0.4, -0.2) is 26.7 Å². The van der Waals surface area contributed by atoms with Crippen molar-refractivity contribution in [2.24, 2.45) is 0 Å². The van der Waals surface area contributed by atoms with E-state index in [1.165, 1.54) is 0 Å².